The van der Waals surface area contributed by atoms with Crippen LogP contribution in [0, 0.1) is 0 Å². The SMILES string of the molecule is CC(=O)OCC(CCN(C)C(=O)OC(C)(C)C)OS(C)(=O)=O. The van der Waals surface area contributed by atoms with Crippen LogP contribution < -0.4 is 0 Å². The second kappa shape index (κ2) is 8.33. The summed E-state index contributed by atoms with van der Waals surface area (Å²) < 4.78 is 37.1. The monoisotopic (exact) mass is 339 g/mol. The van der Waals surface area contributed by atoms with E-state index in [4.69, 9.17) is 13.7 Å². The number of hydrogen-bond acceptors (Lipinski definition) is 7. The Morgan fingerprint density at radius 3 is 2.18 bits per heavy atom. The highest BCUT2D eigenvalue weighted by molar-refractivity contribution is 7.86. The number of ether oxygens (including phenoxy) is 2. The lowest BCUT2D eigenvalue weighted by Gasteiger charge is -2.25. The van der Waals surface area contributed by atoms with Crippen molar-refractivity contribution in [2.24, 2.45) is 0 Å². The van der Waals surface area contributed by atoms with Gasteiger partial charge >= 0.3 is 12.1 Å². The van der Waals surface area contributed by atoms with Crippen LogP contribution in [0.25, 0.3) is 0 Å². The maximum Gasteiger partial charge on any atom is 0.410 e. The Labute approximate surface area is 131 Å². The summed E-state index contributed by atoms with van der Waals surface area (Å²) in [6, 6.07) is 0. The van der Waals surface area contributed by atoms with Gasteiger partial charge in [-0.2, -0.15) is 8.42 Å². The predicted octanol–water partition coefficient (Wildman–Crippen LogP) is 1.15. The number of hydrogen-bond donors (Lipinski definition) is 0. The van der Waals surface area contributed by atoms with Crippen LogP contribution in [0.1, 0.15) is 34.1 Å². The Balaban J connectivity index is 4.53. The first-order chi connectivity index (χ1) is 9.80. The van der Waals surface area contributed by atoms with Crippen LogP contribution in [-0.2, 0) is 28.6 Å². The zero-order valence-corrected chi connectivity index (χ0v) is 14.7. The minimum Gasteiger partial charge on any atom is -0.463 e. The van der Waals surface area contributed by atoms with Gasteiger partial charge in [-0.15, -0.1) is 0 Å². The van der Waals surface area contributed by atoms with E-state index < -0.39 is 33.9 Å². The van der Waals surface area contributed by atoms with Crippen LogP contribution in [0.5, 0.6) is 0 Å². The molecule has 1 amide bonds. The summed E-state index contributed by atoms with van der Waals surface area (Å²) in [6.45, 7) is 6.43. The van der Waals surface area contributed by atoms with E-state index in [0.29, 0.717) is 0 Å². The number of rotatable bonds is 7. The highest BCUT2D eigenvalue weighted by Crippen LogP contribution is 2.11. The smallest absolute Gasteiger partial charge is 0.410 e. The molecule has 0 heterocycles. The highest BCUT2D eigenvalue weighted by Gasteiger charge is 2.22. The van der Waals surface area contributed by atoms with Gasteiger partial charge in [-0.25, -0.2) is 4.79 Å². The van der Waals surface area contributed by atoms with E-state index in [9.17, 15) is 18.0 Å². The molecular formula is C13H25NO7S. The molecule has 0 aromatic carbocycles. The van der Waals surface area contributed by atoms with E-state index in [1.807, 2.05) is 0 Å². The fourth-order valence-electron chi connectivity index (χ4n) is 1.39. The first-order valence-electron chi connectivity index (χ1n) is 6.76. The first kappa shape index (κ1) is 20.6. The van der Waals surface area contributed by atoms with Crippen LogP contribution in [0.15, 0.2) is 0 Å². The van der Waals surface area contributed by atoms with Gasteiger partial charge in [0.15, 0.2) is 0 Å². The predicted molar refractivity (Wildman–Crippen MR) is 79.8 cm³/mol. The normalized spacial score (nSPS) is 13.4. The molecule has 22 heavy (non-hydrogen) atoms. The summed E-state index contributed by atoms with van der Waals surface area (Å²) in [6.07, 6.45) is -0.302. The summed E-state index contributed by atoms with van der Waals surface area (Å²) in [5, 5.41) is 0. The molecule has 0 N–H and O–H groups in total. The fraction of sp³-hybridized carbons (Fsp3) is 0.846. The topological polar surface area (TPSA) is 99.2 Å². The van der Waals surface area contributed by atoms with Crippen molar-refractivity contribution in [3.05, 3.63) is 0 Å². The zero-order chi connectivity index (χ0) is 17.6. The van der Waals surface area contributed by atoms with Crippen LogP contribution in [-0.4, -0.2) is 63.5 Å². The molecule has 8 nitrogen and oxygen atoms in total. The van der Waals surface area contributed by atoms with Crippen molar-refractivity contribution >= 4 is 22.2 Å². The standard InChI is InChI=1S/C13H25NO7S/c1-10(15)19-9-11(21-22(6,17)18)7-8-14(5)12(16)20-13(2,3)4/h11H,7-9H2,1-6H3. The molecule has 0 saturated carbocycles. The van der Waals surface area contributed by atoms with Gasteiger partial charge in [0.25, 0.3) is 10.1 Å². The number of esters is 1. The molecule has 0 radical (unpaired) electrons. The van der Waals surface area contributed by atoms with E-state index in [0.717, 1.165) is 6.26 Å². The Hall–Kier alpha value is -1.35. The minimum atomic E-state index is -3.69. The molecular weight excluding hydrogens is 314 g/mol. The molecule has 1 unspecified atom stereocenters. The summed E-state index contributed by atoms with van der Waals surface area (Å²) in [5.41, 5.74) is -0.619. The van der Waals surface area contributed by atoms with Crippen molar-refractivity contribution in [1.82, 2.24) is 4.90 Å². The van der Waals surface area contributed by atoms with Gasteiger partial charge in [-0.05, 0) is 27.2 Å². The number of amides is 1. The number of nitrogens with zero attached hydrogens (tertiary/aromatic N) is 1. The Morgan fingerprint density at radius 2 is 1.77 bits per heavy atom. The highest BCUT2D eigenvalue weighted by atomic mass is 32.2. The Kier molecular flexibility index (Phi) is 7.82. The maximum atomic E-state index is 11.8. The van der Waals surface area contributed by atoms with Gasteiger partial charge in [0.2, 0.25) is 0 Å². The largest absolute Gasteiger partial charge is 0.463 e. The van der Waals surface area contributed by atoms with E-state index >= 15 is 0 Å². The molecule has 0 rings (SSSR count). The summed E-state index contributed by atoms with van der Waals surface area (Å²) in [5.74, 6) is -0.539. The minimum absolute atomic E-state index is 0.177. The van der Waals surface area contributed by atoms with Crippen LogP contribution in [0.4, 0.5) is 4.79 Å². The molecule has 0 aliphatic heterocycles. The molecule has 0 aromatic rings. The van der Waals surface area contributed by atoms with E-state index in [1.165, 1.54) is 18.9 Å². The average molecular weight is 339 g/mol. The molecule has 0 bridgehead atoms. The average Bonchev–Trinajstić information content (AvgIpc) is 2.28. The molecule has 0 aromatic heterocycles. The second-order valence-electron chi connectivity index (χ2n) is 5.92. The van der Waals surface area contributed by atoms with Gasteiger partial charge in [-0.3, -0.25) is 8.98 Å². The number of carbonyl (C=O) groups is 2. The maximum absolute atomic E-state index is 11.8. The third kappa shape index (κ3) is 11.3. The molecule has 9 heteroatoms. The van der Waals surface area contributed by atoms with E-state index in [2.05, 4.69) is 0 Å². The molecule has 0 spiro atoms. The Bertz CT molecular complexity index is 481. The van der Waals surface area contributed by atoms with E-state index in [-0.39, 0.29) is 19.6 Å². The fourth-order valence-corrected chi connectivity index (χ4v) is 2.03. The van der Waals surface area contributed by atoms with Crippen LogP contribution in [0.3, 0.4) is 0 Å². The quantitative estimate of drug-likeness (QED) is 0.507. The van der Waals surface area contributed by atoms with Crippen LogP contribution in [0.2, 0.25) is 0 Å². The molecule has 130 valence electrons. The lowest BCUT2D eigenvalue weighted by atomic mass is 10.2. The van der Waals surface area contributed by atoms with Crippen molar-refractivity contribution in [3.63, 3.8) is 0 Å². The summed E-state index contributed by atoms with van der Waals surface area (Å²) in [7, 11) is -2.17. The third-order valence-electron chi connectivity index (χ3n) is 2.28. The van der Waals surface area contributed by atoms with Crippen molar-refractivity contribution in [3.8, 4) is 0 Å². The summed E-state index contributed by atoms with van der Waals surface area (Å²) in [4.78, 5) is 23.9. The molecule has 0 saturated heterocycles. The molecule has 0 aliphatic carbocycles. The lowest BCUT2D eigenvalue weighted by Crippen LogP contribution is -2.37. The van der Waals surface area contributed by atoms with E-state index in [1.54, 1.807) is 20.8 Å². The summed E-state index contributed by atoms with van der Waals surface area (Å²) >= 11 is 0. The molecule has 0 fully saturated rings. The zero-order valence-electron chi connectivity index (χ0n) is 13.9. The Morgan fingerprint density at radius 1 is 1.23 bits per heavy atom. The van der Waals surface area contributed by atoms with Gasteiger partial charge in [0, 0.05) is 20.5 Å². The number of carbonyl (C=O) groups excluding carboxylic acids is 2. The van der Waals surface area contributed by atoms with Crippen LogP contribution >= 0.6 is 0 Å². The molecule has 1 atom stereocenters. The van der Waals surface area contributed by atoms with Gasteiger partial charge in [0.1, 0.15) is 18.3 Å². The van der Waals surface area contributed by atoms with Crippen molar-refractivity contribution in [2.45, 2.75) is 45.8 Å². The van der Waals surface area contributed by atoms with Crippen molar-refractivity contribution in [2.75, 3.05) is 26.5 Å². The lowest BCUT2D eigenvalue weighted by molar-refractivity contribution is -0.143. The van der Waals surface area contributed by atoms with Crippen molar-refractivity contribution in [1.29, 1.82) is 0 Å². The third-order valence-corrected chi connectivity index (χ3v) is 2.90. The first-order valence-corrected chi connectivity index (χ1v) is 8.57. The second-order valence-corrected chi connectivity index (χ2v) is 7.52. The van der Waals surface area contributed by atoms with Gasteiger partial charge in [-0.1, -0.05) is 0 Å². The molecule has 0 aliphatic rings. The van der Waals surface area contributed by atoms with Gasteiger partial charge in [0.05, 0.1) is 6.26 Å². The van der Waals surface area contributed by atoms with Crippen molar-refractivity contribution < 1.29 is 31.7 Å². The van der Waals surface area contributed by atoms with Gasteiger partial charge < -0.3 is 14.4 Å².